The van der Waals surface area contributed by atoms with Gasteiger partial charge < -0.3 is 14.4 Å². The van der Waals surface area contributed by atoms with E-state index in [2.05, 4.69) is 11.2 Å². The van der Waals surface area contributed by atoms with E-state index in [1.807, 2.05) is 32.6 Å². The van der Waals surface area contributed by atoms with Gasteiger partial charge in [0.2, 0.25) is 0 Å². The summed E-state index contributed by atoms with van der Waals surface area (Å²) in [4.78, 5) is 14.7. The lowest BCUT2D eigenvalue weighted by molar-refractivity contribution is -0.0586. The van der Waals surface area contributed by atoms with E-state index in [-0.39, 0.29) is 18.1 Å². The second-order valence-corrected chi connectivity index (χ2v) is 8.69. The summed E-state index contributed by atoms with van der Waals surface area (Å²) < 4.78 is 13.6. The van der Waals surface area contributed by atoms with Crippen LogP contribution in [0.15, 0.2) is 42.5 Å². The van der Waals surface area contributed by atoms with Gasteiger partial charge in [0.25, 0.3) is 5.91 Å². The highest BCUT2D eigenvalue weighted by Crippen LogP contribution is 2.31. The number of aryl methyl sites for hydroxylation is 1. The number of hydrogen-bond acceptors (Lipinski definition) is 5. The number of rotatable bonds is 4. The highest BCUT2D eigenvalue weighted by atomic mass is 35.5. The van der Waals surface area contributed by atoms with E-state index in [0.29, 0.717) is 46.4 Å². The minimum absolute atomic E-state index is 0.0126. The van der Waals surface area contributed by atoms with Crippen LogP contribution in [0.3, 0.4) is 0 Å². The first-order chi connectivity index (χ1) is 15.8. The maximum absolute atomic E-state index is 12.9. The molecule has 1 saturated heterocycles. The van der Waals surface area contributed by atoms with Crippen molar-refractivity contribution in [2.45, 2.75) is 39.9 Å². The minimum Gasteiger partial charge on any atom is -0.453 e. The Bertz CT molecular complexity index is 1220. The van der Waals surface area contributed by atoms with Gasteiger partial charge in [0.15, 0.2) is 5.75 Å². The average molecular weight is 465 g/mol. The molecular weight excluding hydrogens is 440 g/mol. The van der Waals surface area contributed by atoms with Crippen LogP contribution in [0, 0.1) is 25.2 Å². The van der Waals surface area contributed by atoms with Crippen LogP contribution in [-0.4, -0.2) is 45.9 Å². The lowest BCUT2D eigenvalue weighted by atomic mass is 10.1. The van der Waals surface area contributed by atoms with Crippen LogP contribution in [0.25, 0.3) is 5.69 Å². The highest BCUT2D eigenvalue weighted by Gasteiger charge is 2.26. The molecule has 0 spiro atoms. The monoisotopic (exact) mass is 464 g/mol. The molecule has 2 atom stereocenters. The van der Waals surface area contributed by atoms with E-state index in [4.69, 9.17) is 26.3 Å². The summed E-state index contributed by atoms with van der Waals surface area (Å²) in [5, 5.41) is 14.0. The first-order valence-corrected chi connectivity index (χ1v) is 11.1. The second kappa shape index (κ2) is 9.26. The van der Waals surface area contributed by atoms with Crippen molar-refractivity contribution in [3.63, 3.8) is 0 Å². The molecule has 170 valence electrons. The van der Waals surface area contributed by atoms with Crippen LogP contribution in [0.4, 0.5) is 0 Å². The zero-order valence-corrected chi connectivity index (χ0v) is 19.8. The normalized spacial score (nSPS) is 18.1. The predicted molar refractivity (Wildman–Crippen MR) is 125 cm³/mol. The maximum Gasteiger partial charge on any atom is 0.254 e. The summed E-state index contributed by atoms with van der Waals surface area (Å²) in [6.45, 7) is 8.88. The summed E-state index contributed by atoms with van der Waals surface area (Å²) in [6, 6.07) is 14.3. The van der Waals surface area contributed by atoms with Gasteiger partial charge in [-0.3, -0.25) is 4.79 Å². The van der Waals surface area contributed by atoms with Gasteiger partial charge in [-0.05, 0) is 70.2 Å². The van der Waals surface area contributed by atoms with Crippen LogP contribution in [0.5, 0.6) is 11.5 Å². The Labute approximate surface area is 198 Å². The van der Waals surface area contributed by atoms with Crippen molar-refractivity contribution in [1.82, 2.24) is 14.7 Å². The van der Waals surface area contributed by atoms with E-state index in [9.17, 15) is 4.79 Å². The lowest BCUT2D eigenvalue weighted by Crippen LogP contribution is -2.48. The van der Waals surface area contributed by atoms with Crippen molar-refractivity contribution in [2.75, 3.05) is 13.1 Å². The van der Waals surface area contributed by atoms with Crippen LogP contribution < -0.4 is 4.74 Å². The van der Waals surface area contributed by atoms with Gasteiger partial charge >= 0.3 is 0 Å². The molecule has 2 aromatic carbocycles. The molecule has 4 rings (SSSR count). The Kier molecular flexibility index (Phi) is 6.41. The van der Waals surface area contributed by atoms with E-state index in [1.165, 1.54) is 0 Å². The van der Waals surface area contributed by atoms with Crippen molar-refractivity contribution < 1.29 is 14.3 Å². The number of nitriles is 1. The van der Waals surface area contributed by atoms with Crippen molar-refractivity contribution in [3.05, 3.63) is 70.0 Å². The molecule has 1 amide bonds. The Balaban J connectivity index is 1.52. The highest BCUT2D eigenvalue weighted by molar-refractivity contribution is 6.31. The quantitative estimate of drug-likeness (QED) is 0.539. The molecule has 1 aliphatic heterocycles. The number of carbonyl (C=O) groups is 1. The Hall–Kier alpha value is -3.34. The van der Waals surface area contributed by atoms with Crippen LogP contribution in [0.2, 0.25) is 5.02 Å². The minimum atomic E-state index is -0.0126. The fraction of sp³-hybridized carbons (Fsp3) is 0.320. The molecule has 33 heavy (non-hydrogen) atoms. The number of amides is 1. The number of aromatic nitrogens is 2. The molecule has 1 aliphatic rings. The van der Waals surface area contributed by atoms with Crippen molar-refractivity contribution in [1.29, 1.82) is 5.26 Å². The molecule has 1 fully saturated rings. The zero-order chi connectivity index (χ0) is 23.7. The Morgan fingerprint density at radius 1 is 1.15 bits per heavy atom. The summed E-state index contributed by atoms with van der Waals surface area (Å²) >= 11 is 6.19. The number of hydrogen-bond donors (Lipinski definition) is 0. The van der Waals surface area contributed by atoms with E-state index < -0.39 is 0 Å². The predicted octanol–water partition coefficient (Wildman–Crippen LogP) is 5.06. The van der Waals surface area contributed by atoms with E-state index in [0.717, 1.165) is 11.4 Å². The summed E-state index contributed by atoms with van der Waals surface area (Å²) in [5.41, 5.74) is 3.27. The molecule has 8 heteroatoms. The van der Waals surface area contributed by atoms with Gasteiger partial charge in [0.1, 0.15) is 17.5 Å². The fourth-order valence-electron chi connectivity index (χ4n) is 4.06. The number of carbonyl (C=O) groups excluding carboxylic acids is 1. The molecule has 3 aromatic rings. The molecule has 0 saturated carbocycles. The van der Waals surface area contributed by atoms with Gasteiger partial charge in [-0.15, -0.1) is 0 Å². The third-order valence-corrected chi connectivity index (χ3v) is 5.88. The SMILES string of the molecule is Cc1nn(-c2ccc(C#N)c(Cl)c2)c(C)c1Oc1ccc(C(=O)N2C[C@@H](C)O[C@@H](C)C2)cc1. The van der Waals surface area contributed by atoms with Gasteiger partial charge in [-0.25, -0.2) is 4.68 Å². The van der Waals surface area contributed by atoms with Crippen LogP contribution in [0.1, 0.15) is 41.2 Å². The molecule has 0 N–H and O–H groups in total. The number of nitrogens with zero attached hydrogens (tertiary/aromatic N) is 4. The Morgan fingerprint density at radius 2 is 1.82 bits per heavy atom. The second-order valence-electron chi connectivity index (χ2n) is 8.28. The smallest absolute Gasteiger partial charge is 0.254 e. The van der Waals surface area contributed by atoms with Crippen molar-refractivity contribution in [2.24, 2.45) is 0 Å². The van der Waals surface area contributed by atoms with E-state index in [1.54, 1.807) is 47.1 Å². The first kappa shape index (κ1) is 22.8. The standard InChI is InChI=1S/C25H25ClN4O3/c1-15-13-29(14-16(2)32-15)25(31)19-6-9-22(10-7-19)33-24-17(3)28-30(18(24)4)21-8-5-20(12-27)23(26)11-21/h5-11,15-16H,13-14H2,1-4H3/t15-,16+. The van der Waals surface area contributed by atoms with Gasteiger partial charge in [0, 0.05) is 18.7 Å². The third-order valence-electron chi connectivity index (χ3n) is 5.57. The fourth-order valence-corrected chi connectivity index (χ4v) is 4.28. The average Bonchev–Trinajstić information content (AvgIpc) is 3.06. The van der Waals surface area contributed by atoms with Crippen LogP contribution >= 0.6 is 11.6 Å². The summed E-state index contributed by atoms with van der Waals surface area (Å²) in [6.07, 6.45) is 0.0440. The lowest BCUT2D eigenvalue weighted by Gasteiger charge is -2.35. The number of morpholine rings is 1. The van der Waals surface area contributed by atoms with E-state index >= 15 is 0 Å². The summed E-state index contributed by atoms with van der Waals surface area (Å²) in [7, 11) is 0. The molecule has 7 nitrogen and oxygen atoms in total. The number of halogens is 1. The summed E-state index contributed by atoms with van der Waals surface area (Å²) in [5.74, 6) is 1.23. The Morgan fingerprint density at radius 3 is 2.42 bits per heavy atom. The molecule has 1 aromatic heterocycles. The number of ether oxygens (including phenoxy) is 2. The molecule has 2 heterocycles. The molecule has 0 unspecified atom stereocenters. The largest absolute Gasteiger partial charge is 0.453 e. The van der Waals surface area contributed by atoms with Crippen molar-refractivity contribution in [3.8, 4) is 23.3 Å². The van der Waals surface area contributed by atoms with Crippen LogP contribution in [-0.2, 0) is 4.74 Å². The molecular formula is C25H25ClN4O3. The molecule has 0 radical (unpaired) electrons. The van der Waals surface area contributed by atoms with Gasteiger partial charge in [0.05, 0.1) is 34.2 Å². The first-order valence-electron chi connectivity index (χ1n) is 10.8. The van der Waals surface area contributed by atoms with Crippen molar-refractivity contribution >= 4 is 17.5 Å². The number of benzene rings is 2. The zero-order valence-electron chi connectivity index (χ0n) is 19.0. The van der Waals surface area contributed by atoms with Gasteiger partial charge in [-0.1, -0.05) is 11.6 Å². The maximum atomic E-state index is 12.9. The molecule has 0 aliphatic carbocycles. The third kappa shape index (κ3) is 4.72. The van der Waals surface area contributed by atoms with Gasteiger partial charge in [-0.2, -0.15) is 10.4 Å². The molecule has 0 bridgehead atoms. The topological polar surface area (TPSA) is 80.4 Å².